The smallest absolute Gasteiger partial charge is 0.0691 e. The predicted octanol–water partition coefficient (Wildman–Crippen LogP) is 0.151. The summed E-state index contributed by atoms with van der Waals surface area (Å²) in [4.78, 5) is 0. The summed E-state index contributed by atoms with van der Waals surface area (Å²) in [5, 5.41) is 11.4. The third kappa shape index (κ3) is 5.09. The van der Waals surface area contributed by atoms with E-state index in [4.69, 9.17) is 24.6 Å². The molecule has 4 heteroatoms. The largest absolute Gasteiger partial charge is 0.395 e. The molecule has 0 aromatic heterocycles. The van der Waals surface area contributed by atoms with Gasteiger partial charge in [0, 0.05) is 6.54 Å². The summed E-state index contributed by atoms with van der Waals surface area (Å²) < 4.78 is 0. The van der Waals surface area contributed by atoms with Crippen LogP contribution < -0.4 is 5.32 Å². The first-order chi connectivity index (χ1) is 4.70. The second-order valence-electron chi connectivity index (χ2n) is 2.32. The van der Waals surface area contributed by atoms with E-state index in [1.165, 1.54) is 0 Å². The maximum absolute atomic E-state index is 8.52. The molecule has 0 saturated carbocycles. The van der Waals surface area contributed by atoms with E-state index in [2.05, 4.69) is 5.32 Å². The van der Waals surface area contributed by atoms with Gasteiger partial charge in [0.2, 0.25) is 0 Å². The third-order valence-corrected chi connectivity index (χ3v) is 1.53. The van der Waals surface area contributed by atoms with Gasteiger partial charge < -0.3 is 10.4 Å². The van der Waals surface area contributed by atoms with Crippen molar-refractivity contribution in [3.63, 3.8) is 0 Å². The molecule has 0 amide bonds. The van der Waals surface area contributed by atoms with Crippen LogP contribution in [0.3, 0.4) is 0 Å². The molecule has 10 heavy (non-hydrogen) atoms. The summed E-state index contributed by atoms with van der Waals surface area (Å²) in [7, 11) is 5.33. The maximum Gasteiger partial charge on any atom is 0.0691 e. The summed E-state index contributed by atoms with van der Waals surface area (Å²) in [6, 6.07) is 0.271. The van der Waals surface area contributed by atoms with Crippen LogP contribution in [-0.4, -0.2) is 37.5 Å². The minimum absolute atomic E-state index is 0.00580. The quantitative estimate of drug-likeness (QED) is 0.444. The van der Waals surface area contributed by atoms with E-state index < -0.39 is 0 Å². The van der Waals surface area contributed by atoms with Gasteiger partial charge in [-0.1, -0.05) is 13.2 Å². The lowest BCUT2D eigenvalue weighted by Gasteiger charge is -2.12. The number of hydrogen-bond acceptors (Lipinski definition) is 2. The summed E-state index contributed by atoms with van der Waals surface area (Å²) in [6.45, 7) is 2.59. The number of aliphatic hydroxyl groups is 1. The number of rotatable bonds is 5. The van der Waals surface area contributed by atoms with E-state index in [-0.39, 0.29) is 18.0 Å². The molecule has 2 N–H and O–H groups in total. The van der Waals surface area contributed by atoms with Gasteiger partial charge in [-0.2, -0.15) is 0 Å². The normalized spacial score (nSPS) is 16.7. The van der Waals surface area contributed by atoms with Crippen molar-refractivity contribution in [2.75, 3.05) is 13.2 Å². The highest BCUT2D eigenvalue weighted by Gasteiger charge is 2.03. The van der Waals surface area contributed by atoms with Crippen molar-refractivity contribution < 1.29 is 5.11 Å². The Balaban J connectivity index is 3.17. The van der Waals surface area contributed by atoms with Gasteiger partial charge in [-0.15, -0.1) is 11.6 Å². The Morgan fingerprint density at radius 1 is 1.70 bits per heavy atom. The lowest BCUT2D eigenvalue weighted by Crippen LogP contribution is -2.32. The van der Waals surface area contributed by atoms with Crippen LogP contribution >= 0.6 is 11.6 Å². The second kappa shape index (κ2) is 6.02. The molecule has 0 spiro atoms. The minimum atomic E-state index is -0.200. The summed E-state index contributed by atoms with van der Waals surface area (Å²) in [5.41, 5.74) is 0. The van der Waals surface area contributed by atoms with Crippen LogP contribution in [0, 0.1) is 0 Å². The molecular weight excluding hydrogens is 148 g/mol. The summed E-state index contributed by atoms with van der Waals surface area (Å²) in [5.74, 6) is 0. The van der Waals surface area contributed by atoms with Gasteiger partial charge in [-0.25, -0.2) is 0 Å². The Hall–Kier alpha value is 0.275. The molecule has 0 saturated heterocycles. The number of hydrogen-bond donors (Lipinski definition) is 2. The first kappa shape index (κ1) is 10.3. The molecule has 0 aromatic rings. The van der Waals surface area contributed by atoms with E-state index in [0.717, 1.165) is 0 Å². The number of alkyl halides is 1. The van der Waals surface area contributed by atoms with Crippen LogP contribution in [0.5, 0.6) is 0 Å². The van der Waals surface area contributed by atoms with Crippen LogP contribution in [0.15, 0.2) is 0 Å². The maximum atomic E-state index is 8.52. The van der Waals surface area contributed by atoms with Crippen molar-refractivity contribution in [3.05, 3.63) is 0 Å². The molecule has 0 aliphatic carbocycles. The standard InChI is InChI=1S/C6H13BClNO/c1-5(2-7)9-3-6(8)4-10/h5-6,9-10H,2-4H2,1H3. The Morgan fingerprint density at radius 2 is 2.30 bits per heavy atom. The van der Waals surface area contributed by atoms with Crippen LogP contribution in [0.2, 0.25) is 6.32 Å². The number of nitrogens with one attached hydrogen (secondary N) is 1. The lowest BCUT2D eigenvalue weighted by atomic mass is 9.99. The third-order valence-electron chi connectivity index (χ3n) is 1.24. The van der Waals surface area contributed by atoms with Gasteiger partial charge in [0.1, 0.15) is 0 Å². The molecule has 0 bridgehead atoms. The fourth-order valence-electron chi connectivity index (χ4n) is 0.477. The Labute approximate surface area is 68.4 Å². The van der Waals surface area contributed by atoms with Crippen molar-refractivity contribution in [2.45, 2.75) is 24.7 Å². The first-order valence-electron chi connectivity index (χ1n) is 3.39. The molecule has 2 unspecified atom stereocenters. The van der Waals surface area contributed by atoms with Crippen molar-refractivity contribution in [3.8, 4) is 0 Å². The highest BCUT2D eigenvalue weighted by Crippen LogP contribution is 1.93. The summed E-state index contributed by atoms with van der Waals surface area (Å²) >= 11 is 5.61. The zero-order valence-corrected chi connectivity index (χ0v) is 6.93. The highest BCUT2D eigenvalue weighted by molar-refractivity contribution is 6.20. The molecule has 0 aliphatic heterocycles. The van der Waals surface area contributed by atoms with Gasteiger partial charge in [-0.3, -0.25) is 0 Å². The van der Waals surface area contributed by atoms with E-state index in [1.54, 1.807) is 0 Å². The highest BCUT2D eigenvalue weighted by atomic mass is 35.5. The number of halogens is 1. The van der Waals surface area contributed by atoms with Gasteiger partial charge in [0.05, 0.1) is 19.8 Å². The molecule has 2 radical (unpaired) electrons. The monoisotopic (exact) mass is 161 g/mol. The molecule has 0 rings (SSSR count). The molecular formula is C6H13BClNO. The van der Waals surface area contributed by atoms with Crippen LogP contribution in [0.1, 0.15) is 6.92 Å². The molecule has 2 nitrogen and oxygen atoms in total. The fourth-order valence-corrected chi connectivity index (χ4v) is 0.566. The van der Waals surface area contributed by atoms with Crippen LogP contribution in [-0.2, 0) is 0 Å². The van der Waals surface area contributed by atoms with E-state index in [9.17, 15) is 0 Å². The molecule has 2 atom stereocenters. The average molecular weight is 161 g/mol. The predicted molar refractivity (Wildman–Crippen MR) is 44.8 cm³/mol. The molecule has 0 heterocycles. The van der Waals surface area contributed by atoms with Crippen LogP contribution in [0.25, 0.3) is 0 Å². The van der Waals surface area contributed by atoms with Crippen molar-refractivity contribution >= 4 is 19.4 Å². The Bertz CT molecular complexity index is 74.1. The van der Waals surface area contributed by atoms with Crippen molar-refractivity contribution in [2.24, 2.45) is 0 Å². The molecule has 58 valence electrons. The van der Waals surface area contributed by atoms with Gasteiger partial charge in [0.25, 0.3) is 0 Å². The van der Waals surface area contributed by atoms with Crippen molar-refractivity contribution in [1.29, 1.82) is 0 Å². The summed E-state index contributed by atoms with van der Waals surface area (Å²) in [6.07, 6.45) is 0.592. The number of aliphatic hydroxyl groups excluding tert-OH is 1. The first-order valence-corrected chi connectivity index (χ1v) is 3.82. The van der Waals surface area contributed by atoms with Gasteiger partial charge >= 0.3 is 0 Å². The van der Waals surface area contributed by atoms with E-state index >= 15 is 0 Å². The van der Waals surface area contributed by atoms with E-state index in [1.807, 2.05) is 6.92 Å². The lowest BCUT2D eigenvalue weighted by molar-refractivity contribution is 0.288. The van der Waals surface area contributed by atoms with Gasteiger partial charge in [0.15, 0.2) is 0 Å². The molecule has 0 aromatic carbocycles. The Morgan fingerprint density at radius 3 is 2.70 bits per heavy atom. The van der Waals surface area contributed by atoms with E-state index in [0.29, 0.717) is 12.9 Å². The average Bonchev–Trinajstić information content (AvgIpc) is 1.99. The Kier molecular flexibility index (Phi) is 6.18. The molecule has 0 aliphatic rings. The zero-order chi connectivity index (χ0) is 7.98. The second-order valence-corrected chi connectivity index (χ2v) is 2.94. The van der Waals surface area contributed by atoms with Crippen molar-refractivity contribution in [1.82, 2.24) is 5.32 Å². The van der Waals surface area contributed by atoms with Crippen LogP contribution in [0.4, 0.5) is 0 Å². The SMILES string of the molecule is [B]CC(C)NCC(Cl)CO. The van der Waals surface area contributed by atoms with Gasteiger partial charge in [-0.05, 0) is 6.04 Å². The fraction of sp³-hybridized carbons (Fsp3) is 1.00. The topological polar surface area (TPSA) is 32.3 Å². The molecule has 0 fully saturated rings. The zero-order valence-electron chi connectivity index (χ0n) is 6.18. The minimum Gasteiger partial charge on any atom is -0.395 e.